The van der Waals surface area contributed by atoms with Crippen LogP contribution in [0.3, 0.4) is 0 Å². The van der Waals surface area contributed by atoms with Crippen molar-refractivity contribution in [2.75, 3.05) is 19.9 Å². The first-order chi connectivity index (χ1) is 15.5. The molecule has 4 atom stereocenters. The monoisotopic (exact) mass is 474 g/mol. The van der Waals surface area contributed by atoms with Crippen LogP contribution in [-0.2, 0) is 4.74 Å². The van der Waals surface area contributed by atoms with E-state index in [1.54, 1.807) is 6.20 Å². The van der Waals surface area contributed by atoms with E-state index in [4.69, 9.17) is 16.3 Å². The van der Waals surface area contributed by atoms with Crippen molar-refractivity contribution < 1.29 is 13.9 Å². The van der Waals surface area contributed by atoms with E-state index in [9.17, 15) is 4.79 Å². The van der Waals surface area contributed by atoms with E-state index < -0.39 is 5.82 Å². The molecule has 0 aromatic carbocycles. The number of hydrogen-bond donors (Lipinski definition) is 0. The summed E-state index contributed by atoms with van der Waals surface area (Å²) in [6, 6.07) is 2.47. The molecular formula is C23H24ClFN4O2S. The second-order valence-corrected chi connectivity index (χ2v) is 10.2. The Labute approximate surface area is 194 Å². The molecule has 168 valence electrons. The van der Waals surface area contributed by atoms with Gasteiger partial charge in [-0.15, -0.1) is 11.8 Å². The van der Waals surface area contributed by atoms with E-state index in [2.05, 4.69) is 20.6 Å². The summed E-state index contributed by atoms with van der Waals surface area (Å²) in [4.78, 5) is 23.1. The summed E-state index contributed by atoms with van der Waals surface area (Å²) in [5.41, 5.74) is 2.33. The van der Waals surface area contributed by atoms with Crippen LogP contribution in [0.5, 0.6) is 0 Å². The minimum Gasteiger partial charge on any atom is -0.453 e. The number of nitrogens with zero attached hydrogens (tertiary/aromatic N) is 4. The predicted octanol–water partition coefficient (Wildman–Crippen LogP) is 5.97. The molecule has 0 N–H and O–H groups in total. The zero-order chi connectivity index (χ0) is 22.1. The van der Waals surface area contributed by atoms with E-state index in [0.29, 0.717) is 29.8 Å². The summed E-state index contributed by atoms with van der Waals surface area (Å²) >= 11 is 7.51. The number of aromatic nitrogens is 3. The Morgan fingerprint density at radius 1 is 1.28 bits per heavy atom. The van der Waals surface area contributed by atoms with Crippen LogP contribution in [0.25, 0.3) is 21.8 Å². The maximum absolute atomic E-state index is 15.0. The fourth-order valence-electron chi connectivity index (χ4n) is 6.31. The van der Waals surface area contributed by atoms with E-state index in [1.165, 1.54) is 38.1 Å². The second-order valence-electron chi connectivity index (χ2n) is 9.09. The molecule has 1 unspecified atom stereocenters. The fourth-order valence-corrected chi connectivity index (χ4v) is 7.01. The largest absolute Gasteiger partial charge is 0.453 e. The van der Waals surface area contributed by atoms with E-state index in [0.717, 1.165) is 34.5 Å². The van der Waals surface area contributed by atoms with Crippen molar-refractivity contribution in [2.24, 2.45) is 11.8 Å². The second kappa shape index (κ2) is 7.48. The number of carbonyl (C=O) groups excluding carboxylic acids is 1. The molecule has 9 heteroatoms. The lowest BCUT2D eigenvalue weighted by Crippen LogP contribution is -2.35. The van der Waals surface area contributed by atoms with E-state index >= 15 is 4.39 Å². The number of pyridine rings is 2. The summed E-state index contributed by atoms with van der Waals surface area (Å²) in [5.74, 6) is 0.658. The first-order valence-corrected chi connectivity index (χ1v) is 12.7. The van der Waals surface area contributed by atoms with Crippen LogP contribution in [0.1, 0.15) is 49.9 Å². The van der Waals surface area contributed by atoms with Gasteiger partial charge in [0.05, 0.1) is 18.7 Å². The van der Waals surface area contributed by atoms with E-state index in [-0.39, 0.29) is 22.8 Å². The SMILES string of the molecule is COC(=O)N1CCC[C@@H]1c1cc2c(SC)nc3c(F)c(Cl)ncc3c2n1C1[C@@H]2CC[C@H]1C2. The van der Waals surface area contributed by atoms with Gasteiger partial charge in [0.25, 0.3) is 0 Å². The Hall–Kier alpha value is -2.06. The summed E-state index contributed by atoms with van der Waals surface area (Å²) in [6.45, 7) is 0.677. The number of carbonyl (C=O) groups is 1. The van der Waals surface area contributed by atoms with Crippen LogP contribution in [-0.4, -0.2) is 45.4 Å². The van der Waals surface area contributed by atoms with Gasteiger partial charge in [-0.2, -0.15) is 0 Å². The standard InChI is InChI=1S/C23H24ClFN4O2S/c1-31-23(30)28-7-3-4-15(28)16-9-13-20(29(16)19-11-5-6-12(19)8-11)14-10-26-21(24)17(25)18(14)27-22(13)32-2/h9-12,15,19H,3-8H2,1-2H3/t11-,12+,15-,19?/m1/s1. The van der Waals surface area contributed by atoms with Gasteiger partial charge in [-0.1, -0.05) is 11.6 Å². The molecular weight excluding hydrogens is 451 g/mol. The molecule has 2 bridgehead atoms. The number of methoxy groups -OCH3 is 1. The van der Waals surface area contributed by atoms with Gasteiger partial charge < -0.3 is 9.30 Å². The van der Waals surface area contributed by atoms with Crippen LogP contribution < -0.4 is 0 Å². The van der Waals surface area contributed by atoms with Crippen molar-refractivity contribution in [1.82, 2.24) is 19.4 Å². The normalized spacial score (nSPS) is 26.8. The predicted molar refractivity (Wildman–Crippen MR) is 123 cm³/mol. The zero-order valence-corrected chi connectivity index (χ0v) is 19.5. The Morgan fingerprint density at radius 2 is 2.06 bits per heavy atom. The molecule has 3 saturated carbocycles. The number of fused-ring (bicyclic) bond motifs is 4. The topological polar surface area (TPSA) is 60.2 Å². The van der Waals surface area contributed by atoms with Gasteiger partial charge in [0, 0.05) is 35.2 Å². The first-order valence-electron chi connectivity index (χ1n) is 11.1. The Kier molecular flexibility index (Phi) is 4.80. The van der Waals surface area contributed by atoms with Gasteiger partial charge >= 0.3 is 6.09 Å². The minimum absolute atomic E-state index is 0.0651. The lowest BCUT2D eigenvalue weighted by molar-refractivity contribution is 0.113. The molecule has 3 aromatic rings. The summed E-state index contributed by atoms with van der Waals surface area (Å²) in [5, 5.41) is 2.28. The average molecular weight is 475 g/mol. The number of likely N-dealkylation sites (tertiary alicyclic amines) is 1. The number of ether oxygens (including phenoxy) is 1. The molecule has 32 heavy (non-hydrogen) atoms. The van der Waals surface area contributed by atoms with Gasteiger partial charge in [-0.3, -0.25) is 4.90 Å². The molecule has 1 aliphatic heterocycles. The van der Waals surface area contributed by atoms with Crippen molar-refractivity contribution in [3.63, 3.8) is 0 Å². The first kappa shape index (κ1) is 20.5. The highest BCUT2D eigenvalue weighted by molar-refractivity contribution is 7.98. The minimum atomic E-state index is -0.579. The Bertz CT molecular complexity index is 1250. The number of hydrogen-bond acceptors (Lipinski definition) is 5. The molecule has 4 aliphatic rings. The van der Waals surface area contributed by atoms with Crippen LogP contribution in [0.4, 0.5) is 9.18 Å². The van der Waals surface area contributed by atoms with Crippen LogP contribution >= 0.6 is 23.4 Å². The lowest BCUT2D eigenvalue weighted by atomic mass is 9.78. The highest BCUT2D eigenvalue weighted by Crippen LogP contribution is 2.59. The molecule has 0 spiro atoms. The third-order valence-corrected chi connectivity index (χ3v) is 8.65. The molecule has 4 fully saturated rings. The maximum atomic E-state index is 15.0. The van der Waals surface area contributed by atoms with Crippen molar-refractivity contribution >= 4 is 51.3 Å². The van der Waals surface area contributed by atoms with Crippen molar-refractivity contribution in [1.29, 1.82) is 0 Å². The third-order valence-electron chi connectivity index (χ3n) is 7.69. The highest BCUT2D eigenvalue weighted by atomic mass is 35.5. The van der Waals surface area contributed by atoms with Crippen LogP contribution in [0, 0.1) is 17.7 Å². The molecule has 1 amide bonds. The van der Waals surface area contributed by atoms with Crippen LogP contribution in [0.2, 0.25) is 5.15 Å². The Morgan fingerprint density at radius 3 is 2.75 bits per heavy atom. The average Bonchev–Trinajstić information content (AvgIpc) is 3.58. The summed E-state index contributed by atoms with van der Waals surface area (Å²) < 4.78 is 22.5. The highest BCUT2D eigenvalue weighted by Gasteiger charge is 2.49. The summed E-state index contributed by atoms with van der Waals surface area (Å²) in [6.07, 6.45) is 8.79. The van der Waals surface area contributed by atoms with Gasteiger partial charge in [-0.25, -0.2) is 19.2 Å². The number of amides is 1. The maximum Gasteiger partial charge on any atom is 0.410 e. The van der Waals surface area contributed by atoms with Gasteiger partial charge in [0.15, 0.2) is 11.0 Å². The quantitative estimate of drug-likeness (QED) is 0.345. The van der Waals surface area contributed by atoms with Crippen molar-refractivity contribution in [3.05, 3.63) is 28.9 Å². The van der Waals surface area contributed by atoms with E-state index in [1.807, 2.05) is 11.2 Å². The molecule has 0 radical (unpaired) electrons. The molecule has 6 nitrogen and oxygen atoms in total. The lowest BCUT2D eigenvalue weighted by Gasteiger charge is -2.40. The number of thioether (sulfide) groups is 1. The van der Waals surface area contributed by atoms with Gasteiger partial charge in [0.1, 0.15) is 10.5 Å². The molecule has 3 aromatic heterocycles. The molecule has 3 aliphatic carbocycles. The number of rotatable bonds is 3. The third kappa shape index (κ3) is 2.75. The van der Waals surface area contributed by atoms with Crippen LogP contribution in [0.15, 0.2) is 17.3 Å². The van der Waals surface area contributed by atoms with Crippen molar-refractivity contribution in [2.45, 2.75) is 49.2 Å². The zero-order valence-electron chi connectivity index (χ0n) is 18.0. The number of halogens is 2. The molecule has 7 rings (SSSR count). The Balaban J connectivity index is 1.67. The summed E-state index contributed by atoms with van der Waals surface area (Å²) in [7, 11) is 1.43. The van der Waals surface area contributed by atoms with Gasteiger partial charge in [-0.05, 0) is 56.3 Å². The molecule has 1 saturated heterocycles. The van der Waals surface area contributed by atoms with Gasteiger partial charge in [0.2, 0.25) is 0 Å². The van der Waals surface area contributed by atoms with Crippen molar-refractivity contribution in [3.8, 4) is 0 Å². The molecule has 4 heterocycles. The smallest absolute Gasteiger partial charge is 0.410 e. The fraction of sp³-hybridized carbons (Fsp3) is 0.522.